The van der Waals surface area contributed by atoms with E-state index in [1.165, 1.54) is 6.39 Å². The number of benzene rings is 1. The normalized spacial score (nSPS) is 9.79. The minimum absolute atomic E-state index is 0.691. The van der Waals surface area contributed by atoms with Crippen LogP contribution in [0.5, 0.6) is 0 Å². The number of nitrogens with one attached hydrogen (secondary N) is 1. The number of hydrogen-bond acceptors (Lipinski definition) is 3. The van der Waals surface area contributed by atoms with Crippen LogP contribution in [0.4, 0.5) is 0 Å². The number of fused-ring (bicyclic) bond motifs is 1. The maximum absolute atomic E-state index is 5.13. The predicted octanol–water partition coefficient (Wildman–Crippen LogP) is 1.40. The zero-order chi connectivity index (χ0) is 9.80. The maximum Gasteiger partial charge on any atom is 0.181 e. The van der Waals surface area contributed by atoms with Crippen LogP contribution in [-0.2, 0) is 0 Å². The molecule has 0 spiro atoms. The van der Waals surface area contributed by atoms with Gasteiger partial charge in [-0.1, -0.05) is 11.8 Å². The fourth-order valence-corrected chi connectivity index (χ4v) is 1.17. The van der Waals surface area contributed by atoms with Crippen molar-refractivity contribution in [1.29, 1.82) is 0 Å². The third kappa shape index (κ3) is 1.76. The van der Waals surface area contributed by atoms with Crippen LogP contribution in [0.2, 0.25) is 0 Å². The van der Waals surface area contributed by atoms with Gasteiger partial charge in [0.2, 0.25) is 0 Å². The smallest absolute Gasteiger partial charge is 0.181 e. The molecule has 0 bridgehead atoms. The van der Waals surface area contributed by atoms with E-state index in [1.54, 1.807) is 0 Å². The second-order valence-corrected chi connectivity index (χ2v) is 2.87. The number of hydrogen-bond donors (Lipinski definition) is 1. The minimum atomic E-state index is 0.691. The van der Waals surface area contributed by atoms with Gasteiger partial charge in [-0.3, -0.25) is 0 Å². The molecule has 1 aromatic heterocycles. The molecule has 0 atom stereocenters. The fourth-order valence-electron chi connectivity index (χ4n) is 1.17. The van der Waals surface area contributed by atoms with Gasteiger partial charge in [-0.25, -0.2) is 4.98 Å². The fraction of sp³-hybridized carbons (Fsp3) is 0.182. The highest BCUT2D eigenvalue weighted by Crippen LogP contribution is 2.13. The van der Waals surface area contributed by atoms with Crippen LogP contribution < -0.4 is 5.32 Å². The molecule has 1 N–H and O–H groups in total. The molecular formula is C11H10N2O. The monoisotopic (exact) mass is 186 g/mol. The van der Waals surface area contributed by atoms with Crippen molar-refractivity contribution in [3.63, 3.8) is 0 Å². The third-order valence-corrected chi connectivity index (χ3v) is 1.83. The molecule has 3 heteroatoms. The summed E-state index contributed by atoms with van der Waals surface area (Å²) in [4.78, 5) is 4.06. The summed E-state index contributed by atoms with van der Waals surface area (Å²) in [7, 11) is 1.87. The lowest BCUT2D eigenvalue weighted by atomic mass is 10.2. The molecule has 0 amide bonds. The second kappa shape index (κ2) is 3.95. The lowest BCUT2D eigenvalue weighted by Gasteiger charge is -1.89. The number of oxazole rings is 1. The largest absolute Gasteiger partial charge is 0.443 e. The first-order valence-electron chi connectivity index (χ1n) is 4.37. The molecule has 1 heterocycles. The van der Waals surface area contributed by atoms with Crippen molar-refractivity contribution >= 4 is 11.1 Å². The summed E-state index contributed by atoms with van der Waals surface area (Å²) in [5.74, 6) is 6.02. The van der Waals surface area contributed by atoms with Crippen molar-refractivity contribution in [2.24, 2.45) is 0 Å². The minimum Gasteiger partial charge on any atom is -0.443 e. The van der Waals surface area contributed by atoms with Gasteiger partial charge in [0, 0.05) is 5.56 Å². The van der Waals surface area contributed by atoms with Crippen molar-refractivity contribution in [1.82, 2.24) is 10.3 Å². The van der Waals surface area contributed by atoms with E-state index < -0.39 is 0 Å². The standard InChI is InChI=1S/C11H10N2O/c1-12-6-2-3-9-4-5-11-10(7-9)13-8-14-11/h4-5,7-8,12H,6H2,1H3. The van der Waals surface area contributed by atoms with Crippen molar-refractivity contribution in [3.8, 4) is 11.8 Å². The molecule has 2 rings (SSSR count). The van der Waals surface area contributed by atoms with E-state index in [-0.39, 0.29) is 0 Å². The lowest BCUT2D eigenvalue weighted by molar-refractivity contribution is 0.602. The highest BCUT2D eigenvalue weighted by molar-refractivity contribution is 5.73. The summed E-state index contributed by atoms with van der Waals surface area (Å²) in [5, 5.41) is 2.96. The Labute approximate surface area is 82.1 Å². The Hall–Kier alpha value is -1.79. The average Bonchev–Trinajstić information content (AvgIpc) is 2.65. The van der Waals surface area contributed by atoms with Crippen LogP contribution in [0.15, 0.2) is 29.0 Å². The molecule has 70 valence electrons. The van der Waals surface area contributed by atoms with Gasteiger partial charge in [0.15, 0.2) is 12.0 Å². The Kier molecular flexibility index (Phi) is 2.48. The molecule has 0 saturated heterocycles. The summed E-state index contributed by atoms with van der Waals surface area (Å²) in [6.45, 7) is 0.691. The van der Waals surface area contributed by atoms with Gasteiger partial charge < -0.3 is 9.73 Å². The summed E-state index contributed by atoms with van der Waals surface area (Å²) < 4.78 is 5.13. The van der Waals surface area contributed by atoms with Crippen molar-refractivity contribution in [2.45, 2.75) is 0 Å². The Balaban J connectivity index is 2.31. The summed E-state index contributed by atoms with van der Waals surface area (Å²) >= 11 is 0. The zero-order valence-electron chi connectivity index (χ0n) is 7.87. The number of aromatic nitrogens is 1. The Morgan fingerprint density at radius 3 is 3.29 bits per heavy atom. The highest BCUT2D eigenvalue weighted by Gasteiger charge is 1.97. The molecule has 14 heavy (non-hydrogen) atoms. The Morgan fingerprint density at radius 2 is 2.43 bits per heavy atom. The molecule has 0 fully saturated rings. The molecule has 0 radical (unpaired) electrons. The average molecular weight is 186 g/mol. The van der Waals surface area contributed by atoms with Crippen LogP contribution in [-0.4, -0.2) is 18.6 Å². The van der Waals surface area contributed by atoms with E-state index in [9.17, 15) is 0 Å². The zero-order valence-corrected chi connectivity index (χ0v) is 7.87. The first-order chi connectivity index (χ1) is 6.90. The Bertz CT molecular complexity index is 490. The van der Waals surface area contributed by atoms with Crippen molar-refractivity contribution in [3.05, 3.63) is 30.2 Å². The molecule has 3 nitrogen and oxygen atoms in total. The van der Waals surface area contributed by atoms with E-state index in [1.807, 2.05) is 25.2 Å². The van der Waals surface area contributed by atoms with Crippen molar-refractivity contribution < 1.29 is 4.42 Å². The van der Waals surface area contributed by atoms with Crippen LogP contribution >= 0.6 is 0 Å². The van der Waals surface area contributed by atoms with Crippen molar-refractivity contribution in [2.75, 3.05) is 13.6 Å². The van der Waals surface area contributed by atoms with Crippen LogP contribution in [0.1, 0.15) is 5.56 Å². The molecule has 0 aliphatic heterocycles. The molecular weight excluding hydrogens is 176 g/mol. The SMILES string of the molecule is CNCC#Cc1ccc2ocnc2c1. The third-order valence-electron chi connectivity index (χ3n) is 1.83. The van der Waals surface area contributed by atoms with Crippen LogP contribution in [0.3, 0.4) is 0 Å². The molecule has 0 saturated carbocycles. The number of nitrogens with zero attached hydrogens (tertiary/aromatic N) is 1. The van der Waals surface area contributed by atoms with E-state index in [0.29, 0.717) is 6.54 Å². The van der Waals surface area contributed by atoms with Gasteiger partial charge in [-0.15, -0.1) is 0 Å². The quantitative estimate of drug-likeness (QED) is 0.684. The summed E-state index contributed by atoms with van der Waals surface area (Å²) in [5.41, 5.74) is 2.60. The van der Waals surface area contributed by atoms with Gasteiger partial charge in [0.05, 0.1) is 6.54 Å². The molecule has 0 aliphatic carbocycles. The molecule has 1 aromatic carbocycles. The van der Waals surface area contributed by atoms with Gasteiger partial charge in [-0.2, -0.15) is 0 Å². The topological polar surface area (TPSA) is 38.1 Å². The van der Waals surface area contributed by atoms with Gasteiger partial charge in [0.1, 0.15) is 5.52 Å². The predicted molar refractivity (Wildman–Crippen MR) is 54.8 cm³/mol. The summed E-state index contributed by atoms with van der Waals surface area (Å²) in [6.07, 6.45) is 1.44. The van der Waals surface area contributed by atoms with Gasteiger partial charge >= 0.3 is 0 Å². The van der Waals surface area contributed by atoms with E-state index in [0.717, 1.165) is 16.7 Å². The maximum atomic E-state index is 5.13. The van der Waals surface area contributed by atoms with E-state index in [2.05, 4.69) is 22.1 Å². The lowest BCUT2D eigenvalue weighted by Crippen LogP contribution is -2.04. The molecule has 2 aromatic rings. The number of rotatable bonds is 1. The first kappa shape index (κ1) is 8.79. The summed E-state index contributed by atoms with van der Waals surface area (Å²) in [6, 6.07) is 5.73. The van der Waals surface area contributed by atoms with E-state index >= 15 is 0 Å². The Morgan fingerprint density at radius 1 is 1.50 bits per heavy atom. The van der Waals surface area contributed by atoms with E-state index in [4.69, 9.17) is 4.42 Å². The second-order valence-electron chi connectivity index (χ2n) is 2.87. The van der Waals surface area contributed by atoms with Gasteiger partial charge in [0.25, 0.3) is 0 Å². The molecule has 0 aliphatic rings. The van der Waals surface area contributed by atoms with Crippen LogP contribution in [0.25, 0.3) is 11.1 Å². The first-order valence-corrected chi connectivity index (χ1v) is 4.37. The van der Waals surface area contributed by atoms with Gasteiger partial charge in [-0.05, 0) is 25.2 Å². The highest BCUT2D eigenvalue weighted by atomic mass is 16.3. The molecule has 0 unspecified atom stereocenters. The van der Waals surface area contributed by atoms with Crippen LogP contribution in [0, 0.1) is 11.8 Å².